The van der Waals surface area contributed by atoms with Crippen LogP contribution >= 0.6 is 15.9 Å². The Hall–Kier alpha value is -2.79. The Morgan fingerprint density at radius 3 is 2.95 bits per heavy atom. The number of benzene rings is 1. The average molecular weight is 361 g/mol. The number of fused-ring (bicyclic) bond motifs is 1. The molecule has 1 aliphatic rings. The van der Waals surface area contributed by atoms with Gasteiger partial charge < -0.3 is 15.6 Å². The van der Waals surface area contributed by atoms with E-state index in [1.807, 2.05) is 12.1 Å². The minimum atomic E-state index is -0.789. The Kier molecular flexibility index (Phi) is 3.35. The number of hydrogen-bond acceptors (Lipinski definition) is 6. The van der Waals surface area contributed by atoms with Crippen molar-refractivity contribution in [2.24, 2.45) is 0 Å². The lowest BCUT2D eigenvalue weighted by atomic mass is 9.85. The van der Waals surface area contributed by atoms with Gasteiger partial charge in [-0.15, -0.1) is 0 Å². The molecular weight excluding hydrogens is 352 g/mol. The average Bonchev–Trinajstić information content (AvgIpc) is 2.45. The smallest absolute Gasteiger partial charge is 0.298 e. The standard InChI is InChI=1S/C14H9BrN4O3/c15-7-3-1-2-6(4-7)9-8(5-16)13(21)22-12-10(9)11(20)18-14(17)19-12/h1-4,9,21H,(H3,17,18,19,20). The van der Waals surface area contributed by atoms with E-state index in [4.69, 9.17) is 10.5 Å². The van der Waals surface area contributed by atoms with E-state index >= 15 is 0 Å². The number of nitrogens with one attached hydrogen (secondary N) is 1. The molecule has 2 aromatic rings. The van der Waals surface area contributed by atoms with Gasteiger partial charge in [0.05, 0.1) is 11.5 Å². The summed E-state index contributed by atoms with van der Waals surface area (Å²) < 4.78 is 5.84. The monoisotopic (exact) mass is 360 g/mol. The van der Waals surface area contributed by atoms with E-state index in [0.717, 1.165) is 4.47 Å². The van der Waals surface area contributed by atoms with E-state index < -0.39 is 17.4 Å². The third kappa shape index (κ3) is 2.21. The van der Waals surface area contributed by atoms with Crippen molar-refractivity contribution < 1.29 is 9.84 Å². The number of aromatic amines is 1. The quantitative estimate of drug-likeness (QED) is 0.713. The highest BCUT2D eigenvalue weighted by Gasteiger charge is 2.35. The second kappa shape index (κ2) is 5.20. The highest BCUT2D eigenvalue weighted by molar-refractivity contribution is 9.10. The first kappa shape index (κ1) is 14.2. The lowest BCUT2D eigenvalue weighted by Crippen LogP contribution is -2.27. The van der Waals surface area contributed by atoms with Crippen molar-refractivity contribution in [1.82, 2.24) is 9.97 Å². The van der Waals surface area contributed by atoms with E-state index in [9.17, 15) is 15.2 Å². The summed E-state index contributed by atoms with van der Waals surface area (Å²) in [4.78, 5) is 18.5. The van der Waals surface area contributed by atoms with Gasteiger partial charge in [-0.3, -0.25) is 9.78 Å². The predicted molar refractivity (Wildman–Crippen MR) is 81.2 cm³/mol. The van der Waals surface area contributed by atoms with Crippen LogP contribution in [0.2, 0.25) is 0 Å². The van der Waals surface area contributed by atoms with E-state index in [0.29, 0.717) is 5.56 Å². The van der Waals surface area contributed by atoms with Crippen molar-refractivity contribution in [3.63, 3.8) is 0 Å². The zero-order valence-corrected chi connectivity index (χ0v) is 12.6. The molecule has 0 amide bonds. The third-order valence-electron chi connectivity index (χ3n) is 3.24. The van der Waals surface area contributed by atoms with Crippen LogP contribution in [0, 0.1) is 11.3 Å². The maximum Gasteiger partial charge on any atom is 0.298 e. The molecule has 8 heteroatoms. The summed E-state index contributed by atoms with van der Waals surface area (Å²) in [6, 6.07) is 8.95. The number of aromatic nitrogens is 2. The molecule has 22 heavy (non-hydrogen) atoms. The number of hydrogen-bond donors (Lipinski definition) is 3. The molecule has 4 N–H and O–H groups in total. The predicted octanol–water partition coefficient (Wildman–Crippen LogP) is 1.93. The van der Waals surface area contributed by atoms with Crippen molar-refractivity contribution in [1.29, 1.82) is 5.26 Å². The van der Waals surface area contributed by atoms with Crippen LogP contribution in [0.15, 0.2) is 45.1 Å². The Morgan fingerprint density at radius 2 is 2.27 bits per heavy atom. The number of ether oxygens (including phenoxy) is 1. The molecule has 0 fully saturated rings. The minimum Gasteiger partial charge on any atom is -0.480 e. The number of aliphatic hydroxyl groups is 1. The molecule has 0 saturated carbocycles. The van der Waals surface area contributed by atoms with Crippen LogP contribution in [0.5, 0.6) is 5.88 Å². The fraction of sp³-hybridized carbons (Fsp3) is 0.0714. The maximum absolute atomic E-state index is 12.2. The fourth-order valence-electron chi connectivity index (χ4n) is 2.36. The van der Waals surface area contributed by atoms with Gasteiger partial charge in [-0.2, -0.15) is 10.2 Å². The van der Waals surface area contributed by atoms with E-state index in [1.165, 1.54) is 0 Å². The third-order valence-corrected chi connectivity index (χ3v) is 3.74. The maximum atomic E-state index is 12.2. The SMILES string of the molecule is N#CC1=C(O)Oc2nc(N)[nH]c(=O)c2C1c1cccc(Br)c1. The summed E-state index contributed by atoms with van der Waals surface area (Å²) in [5.41, 5.74) is 5.66. The topological polar surface area (TPSA) is 125 Å². The second-order valence-corrected chi connectivity index (χ2v) is 5.51. The number of H-pyrrole nitrogens is 1. The molecule has 1 aromatic heterocycles. The normalized spacial score (nSPS) is 16.6. The van der Waals surface area contributed by atoms with Gasteiger partial charge in [0.1, 0.15) is 11.6 Å². The van der Waals surface area contributed by atoms with Gasteiger partial charge in [0.15, 0.2) is 0 Å². The van der Waals surface area contributed by atoms with E-state index in [2.05, 4.69) is 25.9 Å². The zero-order chi connectivity index (χ0) is 15.9. The summed E-state index contributed by atoms with van der Waals surface area (Å²) in [6.07, 6.45) is 0. The molecule has 0 bridgehead atoms. The molecule has 0 saturated heterocycles. The lowest BCUT2D eigenvalue weighted by Gasteiger charge is -2.23. The van der Waals surface area contributed by atoms with Crippen LogP contribution in [0.3, 0.4) is 0 Å². The molecule has 3 rings (SSSR count). The van der Waals surface area contributed by atoms with E-state index in [1.54, 1.807) is 18.2 Å². The molecule has 0 spiro atoms. The molecule has 110 valence electrons. The van der Waals surface area contributed by atoms with Gasteiger partial charge in [-0.1, -0.05) is 28.1 Å². The van der Waals surface area contributed by atoms with Crippen molar-refractivity contribution >= 4 is 21.9 Å². The first-order valence-corrected chi connectivity index (χ1v) is 6.96. The van der Waals surface area contributed by atoms with Crippen molar-refractivity contribution in [2.45, 2.75) is 5.92 Å². The van der Waals surface area contributed by atoms with Crippen molar-refractivity contribution in [3.05, 3.63) is 61.7 Å². The van der Waals surface area contributed by atoms with Gasteiger partial charge in [0.2, 0.25) is 11.8 Å². The molecule has 1 aliphatic heterocycles. The van der Waals surface area contributed by atoms with Crippen LogP contribution in [-0.2, 0) is 0 Å². The Bertz CT molecular complexity index is 898. The number of nitrogens with two attached hydrogens (primary N) is 1. The number of anilines is 1. The Labute approximate surface area is 132 Å². The number of halogens is 1. The molecule has 2 heterocycles. The molecule has 0 radical (unpaired) electrons. The van der Waals surface area contributed by atoms with Crippen LogP contribution in [-0.4, -0.2) is 15.1 Å². The number of allylic oxidation sites excluding steroid dienone is 1. The molecule has 1 unspecified atom stereocenters. The first-order valence-electron chi connectivity index (χ1n) is 6.17. The summed E-state index contributed by atoms with van der Waals surface area (Å²) in [5, 5.41) is 19.2. The van der Waals surface area contributed by atoms with E-state index in [-0.39, 0.29) is 23.0 Å². The second-order valence-electron chi connectivity index (χ2n) is 4.59. The minimum absolute atomic E-state index is 0.0670. The summed E-state index contributed by atoms with van der Waals surface area (Å²) >= 11 is 3.34. The van der Waals surface area contributed by atoms with Crippen molar-refractivity contribution in [3.8, 4) is 11.9 Å². The Morgan fingerprint density at radius 1 is 1.50 bits per heavy atom. The highest BCUT2D eigenvalue weighted by atomic mass is 79.9. The van der Waals surface area contributed by atoms with Crippen LogP contribution in [0.1, 0.15) is 17.0 Å². The number of nitrogen functional groups attached to an aromatic ring is 1. The highest BCUT2D eigenvalue weighted by Crippen LogP contribution is 2.40. The van der Waals surface area contributed by atoms with Crippen molar-refractivity contribution in [2.75, 3.05) is 5.73 Å². The molecule has 0 aliphatic carbocycles. The van der Waals surface area contributed by atoms with Gasteiger partial charge >= 0.3 is 0 Å². The fourth-order valence-corrected chi connectivity index (χ4v) is 2.77. The van der Waals surface area contributed by atoms with Gasteiger partial charge in [-0.25, -0.2) is 0 Å². The largest absolute Gasteiger partial charge is 0.480 e. The summed E-state index contributed by atoms with van der Waals surface area (Å²) in [7, 11) is 0. The van der Waals surface area contributed by atoms with Gasteiger partial charge in [-0.05, 0) is 17.7 Å². The van der Waals surface area contributed by atoms with Crippen LogP contribution < -0.4 is 16.0 Å². The number of aliphatic hydroxyl groups excluding tert-OH is 1. The summed E-state index contributed by atoms with van der Waals surface area (Å²) in [5.74, 6) is -1.62. The van der Waals surface area contributed by atoms with Gasteiger partial charge in [0.25, 0.3) is 11.5 Å². The molecular formula is C14H9BrN4O3. The first-order chi connectivity index (χ1) is 10.5. The lowest BCUT2D eigenvalue weighted by molar-refractivity contribution is 0.188. The Balaban J connectivity index is 2.32. The number of nitrogens with zero attached hydrogens (tertiary/aromatic N) is 2. The molecule has 1 aromatic carbocycles. The number of nitriles is 1. The number of rotatable bonds is 1. The summed E-state index contributed by atoms with van der Waals surface area (Å²) in [6.45, 7) is 0. The van der Waals surface area contributed by atoms with Crippen LogP contribution in [0.4, 0.5) is 5.95 Å². The molecule has 1 atom stereocenters. The molecule has 7 nitrogen and oxygen atoms in total. The van der Waals surface area contributed by atoms with Crippen LogP contribution in [0.25, 0.3) is 0 Å². The zero-order valence-electron chi connectivity index (χ0n) is 11.0. The van der Waals surface area contributed by atoms with Gasteiger partial charge in [0, 0.05) is 4.47 Å².